The van der Waals surface area contributed by atoms with Crippen LogP contribution in [0.25, 0.3) is 0 Å². The topological polar surface area (TPSA) is 55.0 Å². The summed E-state index contributed by atoms with van der Waals surface area (Å²) in [5, 5.41) is 8.60. The normalized spacial score (nSPS) is 9.62. The molecule has 68 valence electrons. The molecule has 1 aromatic rings. The van der Waals surface area contributed by atoms with Crippen LogP contribution in [0.15, 0.2) is 16.9 Å². The molecule has 0 atom stereocenters. The average molecular weight is 178 g/mol. The van der Waals surface area contributed by atoms with E-state index in [9.17, 15) is 4.79 Å². The maximum atomic E-state index is 11.5. The van der Waals surface area contributed by atoms with Gasteiger partial charge in [0.05, 0.1) is 0 Å². The summed E-state index contributed by atoms with van der Waals surface area (Å²) in [6.07, 6.45) is 0. The Labute approximate surface area is 76.0 Å². The second kappa shape index (κ2) is 3.87. The van der Waals surface area contributed by atoms with Crippen LogP contribution in [0.1, 0.15) is 11.3 Å². The monoisotopic (exact) mass is 178 g/mol. The standard InChI is InChI=1S/C9H10N2O2/c1-7-3-4-8(5-10)9(12)11(7)6-13-2/h3-4H,6H2,1-2H3. The molecule has 0 aromatic carbocycles. The summed E-state index contributed by atoms with van der Waals surface area (Å²) in [7, 11) is 1.50. The van der Waals surface area contributed by atoms with Crippen molar-refractivity contribution in [2.75, 3.05) is 7.11 Å². The SMILES string of the molecule is COCn1c(C)ccc(C#N)c1=O. The summed E-state index contributed by atoms with van der Waals surface area (Å²) in [4.78, 5) is 11.5. The van der Waals surface area contributed by atoms with E-state index in [-0.39, 0.29) is 17.9 Å². The lowest BCUT2D eigenvalue weighted by Crippen LogP contribution is -2.24. The Morgan fingerprint density at radius 1 is 1.62 bits per heavy atom. The van der Waals surface area contributed by atoms with E-state index in [0.29, 0.717) is 0 Å². The Kier molecular flexibility index (Phi) is 2.83. The highest BCUT2D eigenvalue weighted by Gasteiger charge is 2.04. The summed E-state index contributed by atoms with van der Waals surface area (Å²) in [6.45, 7) is 1.97. The molecule has 0 N–H and O–H groups in total. The second-order valence-corrected chi connectivity index (χ2v) is 2.65. The molecule has 1 rings (SSSR count). The molecule has 0 aliphatic heterocycles. The van der Waals surface area contributed by atoms with Crippen molar-refractivity contribution in [3.8, 4) is 6.07 Å². The summed E-state index contributed by atoms with van der Waals surface area (Å²) in [5.41, 5.74) is 0.623. The van der Waals surface area contributed by atoms with Gasteiger partial charge in [-0.2, -0.15) is 5.26 Å². The number of aromatic nitrogens is 1. The van der Waals surface area contributed by atoms with E-state index >= 15 is 0 Å². The first-order chi connectivity index (χ1) is 6.20. The Morgan fingerprint density at radius 3 is 2.85 bits per heavy atom. The van der Waals surface area contributed by atoms with Crippen LogP contribution in [-0.4, -0.2) is 11.7 Å². The lowest BCUT2D eigenvalue weighted by molar-refractivity contribution is 0.126. The van der Waals surface area contributed by atoms with Gasteiger partial charge in [0, 0.05) is 12.8 Å². The summed E-state index contributed by atoms with van der Waals surface area (Å²) < 4.78 is 6.26. The molecule has 1 heterocycles. The zero-order valence-electron chi connectivity index (χ0n) is 7.57. The highest BCUT2D eigenvalue weighted by molar-refractivity contribution is 5.27. The fourth-order valence-electron chi connectivity index (χ4n) is 1.05. The first-order valence-electron chi connectivity index (χ1n) is 3.80. The van der Waals surface area contributed by atoms with Crippen molar-refractivity contribution in [3.63, 3.8) is 0 Å². The quantitative estimate of drug-likeness (QED) is 0.667. The van der Waals surface area contributed by atoms with Gasteiger partial charge in [0.2, 0.25) is 0 Å². The summed E-state index contributed by atoms with van der Waals surface area (Å²) in [6, 6.07) is 5.07. The van der Waals surface area contributed by atoms with E-state index < -0.39 is 0 Å². The third-order valence-corrected chi connectivity index (χ3v) is 1.77. The van der Waals surface area contributed by atoms with Gasteiger partial charge in [-0.05, 0) is 19.1 Å². The Morgan fingerprint density at radius 2 is 2.31 bits per heavy atom. The first kappa shape index (κ1) is 9.49. The smallest absolute Gasteiger partial charge is 0.270 e. The number of hydrogen-bond acceptors (Lipinski definition) is 3. The van der Waals surface area contributed by atoms with Crippen molar-refractivity contribution < 1.29 is 4.74 Å². The largest absolute Gasteiger partial charge is 0.364 e. The van der Waals surface area contributed by atoms with Crippen LogP contribution < -0.4 is 5.56 Å². The predicted molar refractivity (Wildman–Crippen MR) is 47.2 cm³/mol. The number of nitrogens with zero attached hydrogens (tertiary/aromatic N) is 2. The minimum atomic E-state index is -0.302. The molecule has 0 bridgehead atoms. The molecule has 0 amide bonds. The van der Waals surface area contributed by atoms with Gasteiger partial charge < -0.3 is 4.74 Å². The molecular weight excluding hydrogens is 168 g/mol. The van der Waals surface area contributed by atoms with Gasteiger partial charge in [0.15, 0.2) is 0 Å². The number of methoxy groups -OCH3 is 1. The number of ether oxygens (including phenoxy) is 1. The van der Waals surface area contributed by atoms with E-state index in [4.69, 9.17) is 10.00 Å². The van der Waals surface area contributed by atoms with Crippen molar-refractivity contribution in [3.05, 3.63) is 33.7 Å². The van der Waals surface area contributed by atoms with Crippen molar-refractivity contribution in [2.45, 2.75) is 13.7 Å². The van der Waals surface area contributed by atoms with Gasteiger partial charge in [-0.1, -0.05) is 0 Å². The van der Waals surface area contributed by atoms with E-state index in [1.807, 2.05) is 6.07 Å². The second-order valence-electron chi connectivity index (χ2n) is 2.65. The van der Waals surface area contributed by atoms with Crippen molar-refractivity contribution in [1.82, 2.24) is 4.57 Å². The zero-order chi connectivity index (χ0) is 9.84. The van der Waals surface area contributed by atoms with Crippen LogP contribution in [-0.2, 0) is 11.5 Å². The molecule has 1 aromatic heterocycles. The Hall–Kier alpha value is -1.60. The maximum absolute atomic E-state index is 11.5. The summed E-state index contributed by atoms with van der Waals surface area (Å²) >= 11 is 0. The molecule has 0 saturated carbocycles. The zero-order valence-corrected chi connectivity index (χ0v) is 7.57. The first-order valence-corrected chi connectivity index (χ1v) is 3.80. The predicted octanol–water partition coefficient (Wildman–Crippen LogP) is 0.632. The maximum Gasteiger partial charge on any atom is 0.270 e. The Bertz CT molecular complexity index is 401. The van der Waals surface area contributed by atoms with Crippen LogP contribution >= 0.6 is 0 Å². The molecule has 0 aliphatic rings. The van der Waals surface area contributed by atoms with Gasteiger partial charge >= 0.3 is 0 Å². The molecule has 0 radical (unpaired) electrons. The molecule has 0 fully saturated rings. The Balaban J connectivity index is 3.32. The third kappa shape index (κ3) is 1.76. The van der Waals surface area contributed by atoms with Gasteiger partial charge in [0.25, 0.3) is 5.56 Å². The molecule has 0 spiro atoms. The molecule has 0 saturated heterocycles. The lowest BCUT2D eigenvalue weighted by atomic mass is 10.2. The molecule has 4 heteroatoms. The number of hydrogen-bond donors (Lipinski definition) is 0. The fraction of sp³-hybridized carbons (Fsp3) is 0.333. The average Bonchev–Trinajstić information content (AvgIpc) is 2.12. The molecule has 0 aliphatic carbocycles. The number of nitriles is 1. The minimum absolute atomic E-state index is 0.141. The van der Waals surface area contributed by atoms with Crippen molar-refractivity contribution >= 4 is 0 Å². The molecule has 0 unspecified atom stereocenters. The third-order valence-electron chi connectivity index (χ3n) is 1.77. The lowest BCUT2D eigenvalue weighted by Gasteiger charge is -2.07. The van der Waals surface area contributed by atoms with Gasteiger partial charge in [0.1, 0.15) is 18.4 Å². The summed E-state index contributed by atoms with van der Waals surface area (Å²) in [5.74, 6) is 0. The van der Waals surface area contributed by atoms with Crippen molar-refractivity contribution in [1.29, 1.82) is 5.26 Å². The number of pyridine rings is 1. The van der Waals surface area contributed by atoms with Crippen LogP contribution in [0.2, 0.25) is 0 Å². The minimum Gasteiger partial charge on any atom is -0.364 e. The molecular formula is C9H10N2O2. The van der Waals surface area contributed by atoms with Crippen LogP contribution in [0.4, 0.5) is 0 Å². The molecule has 4 nitrogen and oxygen atoms in total. The number of aryl methyl sites for hydroxylation is 1. The van der Waals surface area contributed by atoms with Gasteiger partial charge in [-0.15, -0.1) is 0 Å². The van der Waals surface area contributed by atoms with E-state index in [0.717, 1.165) is 5.69 Å². The van der Waals surface area contributed by atoms with Crippen LogP contribution in [0, 0.1) is 18.3 Å². The van der Waals surface area contributed by atoms with E-state index in [1.54, 1.807) is 13.0 Å². The van der Waals surface area contributed by atoms with Crippen LogP contribution in [0.3, 0.4) is 0 Å². The van der Waals surface area contributed by atoms with Gasteiger partial charge in [-0.25, -0.2) is 0 Å². The van der Waals surface area contributed by atoms with E-state index in [2.05, 4.69) is 0 Å². The number of rotatable bonds is 2. The van der Waals surface area contributed by atoms with E-state index in [1.165, 1.54) is 17.7 Å². The highest BCUT2D eigenvalue weighted by atomic mass is 16.5. The molecule has 13 heavy (non-hydrogen) atoms. The highest BCUT2D eigenvalue weighted by Crippen LogP contribution is 1.97. The van der Waals surface area contributed by atoms with Crippen molar-refractivity contribution in [2.24, 2.45) is 0 Å². The van der Waals surface area contributed by atoms with Gasteiger partial charge in [-0.3, -0.25) is 9.36 Å². The fourth-order valence-corrected chi connectivity index (χ4v) is 1.05. The van der Waals surface area contributed by atoms with Crippen LogP contribution in [0.5, 0.6) is 0 Å².